The summed E-state index contributed by atoms with van der Waals surface area (Å²) in [6.45, 7) is 6.01. The van der Waals surface area contributed by atoms with E-state index in [4.69, 9.17) is 0 Å². The second-order valence-corrected chi connectivity index (χ2v) is 6.48. The number of rotatable bonds is 4. The van der Waals surface area contributed by atoms with Crippen molar-refractivity contribution in [1.29, 1.82) is 0 Å². The van der Waals surface area contributed by atoms with E-state index in [0.717, 1.165) is 12.8 Å². The summed E-state index contributed by atoms with van der Waals surface area (Å²) in [4.78, 5) is 11.8. The summed E-state index contributed by atoms with van der Waals surface area (Å²) in [5, 5.41) is 0. The molecule has 1 heteroatoms. The summed E-state index contributed by atoms with van der Waals surface area (Å²) in [5.74, 6) is 0.378. The van der Waals surface area contributed by atoms with Gasteiger partial charge in [0, 0.05) is 11.8 Å². The Balaban J connectivity index is 1.86. The molecule has 1 aromatic rings. The second-order valence-electron chi connectivity index (χ2n) is 6.48. The van der Waals surface area contributed by atoms with Crippen molar-refractivity contribution in [3.63, 3.8) is 0 Å². The third-order valence-electron chi connectivity index (χ3n) is 3.87. The van der Waals surface area contributed by atoms with Crippen LogP contribution in [-0.2, 0) is 24.1 Å². The number of hydrogen-bond donors (Lipinski definition) is 0. The SMILES string of the molecule is CC(C)(C)C(=O)CCCc1ccc2c(c1)CCC2. The van der Waals surface area contributed by atoms with Gasteiger partial charge >= 0.3 is 0 Å². The molecule has 1 nitrogen and oxygen atoms in total. The van der Waals surface area contributed by atoms with Gasteiger partial charge < -0.3 is 0 Å². The van der Waals surface area contributed by atoms with Gasteiger partial charge in [-0.1, -0.05) is 39.0 Å². The topological polar surface area (TPSA) is 17.1 Å². The molecule has 1 aromatic carbocycles. The number of carbonyl (C=O) groups is 1. The number of aryl methyl sites for hydroxylation is 3. The van der Waals surface area contributed by atoms with Crippen LogP contribution in [0.2, 0.25) is 0 Å². The lowest BCUT2D eigenvalue weighted by molar-refractivity contribution is -0.126. The summed E-state index contributed by atoms with van der Waals surface area (Å²) in [6, 6.07) is 6.87. The van der Waals surface area contributed by atoms with Crippen LogP contribution in [0.4, 0.5) is 0 Å². The van der Waals surface area contributed by atoms with E-state index in [9.17, 15) is 4.79 Å². The zero-order chi connectivity index (χ0) is 13.2. The maximum absolute atomic E-state index is 11.8. The molecule has 18 heavy (non-hydrogen) atoms. The molecule has 0 saturated heterocycles. The van der Waals surface area contributed by atoms with Crippen LogP contribution >= 0.6 is 0 Å². The second kappa shape index (κ2) is 5.26. The molecule has 2 rings (SSSR count). The van der Waals surface area contributed by atoms with E-state index in [0.29, 0.717) is 12.2 Å². The van der Waals surface area contributed by atoms with Crippen molar-refractivity contribution in [2.45, 2.75) is 59.3 Å². The average Bonchev–Trinajstić information content (AvgIpc) is 2.74. The van der Waals surface area contributed by atoms with Crippen LogP contribution in [0.15, 0.2) is 18.2 Å². The largest absolute Gasteiger partial charge is 0.299 e. The predicted octanol–water partition coefficient (Wildman–Crippen LogP) is 4.11. The molecular weight excluding hydrogens is 220 g/mol. The maximum atomic E-state index is 11.8. The Hall–Kier alpha value is -1.11. The Kier molecular flexibility index (Phi) is 3.89. The number of ketones is 1. The van der Waals surface area contributed by atoms with Crippen LogP contribution < -0.4 is 0 Å². The van der Waals surface area contributed by atoms with Crippen molar-refractivity contribution in [3.05, 3.63) is 34.9 Å². The van der Waals surface area contributed by atoms with Gasteiger partial charge in [0.05, 0.1) is 0 Å². The molecule has 0 spiro atoms. The van der Waals surface area contributed by atoms with Crippen molar-refractivity contribution >= 4 is 5.78 Å². The third kappa shape index (κ3) is 3.22. The Bertz CT molecular complexity index is 437. The minimum absolute atomic E-state index is 0.183. The number of carbonyl (C=O) groups excluding carboxylic acids is 1. The van der Waals surface area contributed by atoms with E-state index in [1.54, 1.807) is 0 Å². The maximum Gasteiger partial charge on any atom is 0.138 e. The number of Topliss-reactive ketones (excluding diaryl/α,β-unsaturated/α-hetero) is 1. The predicted molar refractivity (Wildman–Crippen MR) is 75.9 cm³/mol. The molecule has 0 saturated carbocycles. The van der Waals surface area contributed by atoms with Crippen LogP contribution in [0, 0.1) is 5.41 Å². The van der Waals surface area contributed by atoms with Gasteiger partial charge in [0.2, 0.25) is 0 Å². The molecule has 1 aliphatic carbocycles. The minimum Gasteiger partial charge on any atom is -0.299 e. The van der Waals surface area contributed by atoms with E-state index in [1.165, 1.54) is 36.0 Å². The highest BCUT2D eigenvalue weighted by molar-refractivity contribution is 5.83. The first-order valence-corrected chi connectivity index (χ1v) is 7.11. The Morgan fingerprint density at radius 3 is 2.61 bits per heavy atom. The highest BCUT2D eigenvalue weighted by Gasteiger charge is 2.20. The van der Waals surface area contributed by atoms with Crippen molar-refractivity contribution in [1.82, 2.24) is 0 Å². The van der Waals surface area contributed by atoms with Gasteiger partial charge in [-0.25, -0.2) is 0 Å². The zero-order valence-corrected chi connectivity index (χ0v) is 11.9. The number of fused-ring (bicyclic) bond motifs is 1. The van der Waals surface area contributed by atoms with Gasteiger partial charge in [-0.3, -0.25) is 4.79 Å². The minimum atomic E-state index is -0.183. The molecule has 0 bridgehead atoms. The Morgan fingerprint density at radius 1 is 1.17 bits per heavy atom. The van der Waals surface area contributed by atoms with Gasteiger partial charge in [-0.15, -0.1) is 0 Å². The molecule has 0 fully saturated rings. The van der Waals surface area contributed by atoms with Gasteiger partial charge in [0.25, 0.3) is 0 Å². The summed E-state index contributed by atoms with van der Waals surface area (Å²) in [5.41, 5.74) is 4.29. The molecule has 0 aromatic heterocycles. The van der Waals surface area contributed by atoms with Gasteiger partial charge in [-0.05, 0) is 48.8 Å². The van der Waals surface area contributed by atoms with Crippen molar-refractivity contribution < 1.29 is 4.79 Å². The lowest BCUT2D eigenvalue weighted by Gasteiger charge is -2.16. The Labute approximate surface area is 111 Å². The fraction of sp³-hybridized carbons (Fsp3) is 0.588. The molecule has 0 unspecified atom stereocenters. The highest BCUT2D eigenvalue weighted by Crippen LogP contribution is 2.24. The van der Waals surface area contributed by atoms with Crippen LogP contribution in [0.25, 0.3) is 0 Å². The Morgan fingerprint density at radius 2 is 1.89 bits per heavy atom. The fourth-order valence-corrected chi connectivity index (χ4v) is 2.61. The van der Waals surface area contributed by atoms with Crippen LogP contribution in [-0.4, -0.2) is 5.78 Å². The fourth-order valence-electron chi connectivity index (χ4n) is 2.61. The van der Waals surface area contributed by atoms with E-state index < -0.39 is 0 Å². The van der Waals surface area contributed by atoms with Gasteiger partial charge in [-0.2, -0.15) is 0 Å². The smallest absolute Gasteiger partial charge is 0.138 e. The normalized spacial score (nSPS) is 14.6. The zero-order valence-electron chi connectivity index (χ0n) is 11.9. The molecule has 0 radical (unpaired) electrons. The molecule has 0 N–H and O–H groups in total. The third-order valence-corrected chi connectivity index (χ3v) is 3.87. The number of benzene rings is 1. The number of hydrogen-bond acceptors (Lipinski definition) is 1. The first kappa shape index (κ1) is 13.3. The van der Waals surface area contributed by atoms with E-state index in [-0.39, 0.29) is 5.41 Å². The van der Waals surface area contributed by atoms with Crippen LogP contribution in [0.1, 0.15) is 56.7 Å². The molecule has 0 atom stereocenters. The lowest BCUT2D eigenvalue weighted by Crippen LogP contribution is -2.19. The molecular formula is C17H24O. The van der Waals surface area contributed by atoms with E-state index >= 15 is 0 Å². The van der Waals surface area contributed by atoms with Gasteiger partial charge in [0.15, 0.2) is 0 Å². The van der Waals surface area contributed by atoms with Crippen molar-refractivity contribution in [2.24, 2.45) is 5.41 Å². The van der Waals surface area contributed by atoms with Crippen LogP contribution in [0.3, 0.4) is 0 Å². The molecule has 98 valence electrons. The monoisotopic (exact) mass is 244 g/mol. The van der Waals surface area contributed by atoms with E-state index in [2.05, 4.69) is 18.2 Å². The van der Waals surface area contributed by atoms with E-state index in [1.807, 2.05) is 20.8 Å². The lowest BCUT2D eigenvalue weighted by atomic mass is 9.87. The quantitative estimate of drug-likeness (QED) is 0.779. The first-order valence-electron chi connectivity index (χ1n) is 7.11. The summed E-state index contributed by atoms with van der Waals surface area (Å²) < 4.78 is 0. The molecule has 0 aliphatic heterocycles. The molecule has 1 aliphatic rings. The standard InChI is InChI=1S/C17H24O/c1-17(2,3)16(18)9-4-6-13-10-11-14-7-5-8-15(14)12-13/h10-12H,4-9H2,1-3H3. The van der Waals surface area contributed by atoms with Crippen molar-refractivity contribution in [2.75, 3.05) is 0 Å². The molecule has 0 amide bonds. The molecule has 0 heterocycles. The highest BCUT2D eigenvalue weighted by atomic mass is 16.1. The first-order chi connectivity index (χ1) is 8.47. The van der Waals surface area contributed by atoms with Crippen LogP contribution in [0.5, 0.6) is 0 Å². The average molecular weight is 244 g/mol. The van der Waals surface area contributed by atoms with Crippen molar-refractivity contribution in [3.8, 4) is 0 Å². The summed E-state index contributed by atoms with van der Waals surface area (Å²) in [6.07, 6.45) is 6.52. The van der Waals surface area contributed by atoms with Gasteiger partial charge in [0.1, 0.15) is 5.78 Å². The summed E-state index contributed by atoms with van der Waals surface area (Å²) in [7, 11) is 0. The summed E-state index contributed by atoms with van der Waals surface area (Å²) >= 11 is 0.